The van der Waals surface area contributed by atoms with Gasteiger partial charge in [0.1, 0.15) is 0 Å². The van der Waals surface area contributed by atoms with Gasteiger partial charge in [-0.15, -0.1) is 10.2 Å². The standard InChI is InChI=1S/C16H11Cl2N3OS2/c17-12-6-4-10(5-7-12)9-23-16-21-20-15(24-16)19-14(22)11-2-1-3-13(18)8-11/h1-8H,9H2,(H,19,20,22). The Balaban J connectivity index is 1.59. The number of amides is 1. The molecule has 0 saturated carbocycles. The zero-order valence-corrected chi connectivity index (χ0v) is 15.3. The number of rotatable bonds is 5. The molecular formula is C16H11Cl2N3OS2. The van der Waals surface area contributed by atoms with E-state index in [0.717, 1.165) is 15.7 Å². The van der Waals surface area contributed by atoms with Crippen molar-refractivity contribution in [2.24, 2.45) is 0 Å². The largest absolute Gasteiger partial charge is 0.296 e. The van der Waals surface area contributed by atoms with Gasteiger partial charge in [-0.3, -0.25) is 10.1 Å². The van der Waals surface area contributed by atoms with E-state index in [2.05, 4.69) is 15.5 Å². The molecule has 1 aromatic heterocycles. The van der Waals surface area contributed by atoms with Crippen LogP contribution >= 0.6 is 46.3 Å². The van der Waals surface area contributed by atoms with Gasteiger partial charge in [0, 0.05) is 21.4 Å². The first kappa shape index (κ1) is 17.2. The first-order valence-corrected chi connectivity index (χ1v) is 9.43. The molecule has 3 rings (SSSR count). The van der Waals surface area contributed by atoms with E-state index in [1.165, 1.54) is 11.3 Å². The monoisotopic (exact) mass is 395 g/mol. The number of hydrogen-bond donors (Lipinski definition) is 1. The fourth-order valence-electron chi connectivity index (χ4n) is 1.84. The molecule has 0 aliphatic heterocycles. The third-order valence-corrected chi connectivity index (χ3v) is 5.52. The third kappa shape index (κ3) is 4.70. The lowest BCUT2D eigenvalue weighted by Gasteiger charge is -2.01. The van der Waals surface area contributed by atoms with E-state index in [1.54, 1.807) is 36.0 Å². The van der Waals surface area contributed by atoms with E-state index in [4.69, 9.17) is 23.2 Å². The number of aromatic nitrogens is 2. The molecule has 0 fully saturated rings. The minimum atomic E-state index is -0.261. The second kappa shape index (κ2) is 7.98. The van der Waals surface area contributed by atoms with Gasteiger partial charge in [-0.2, -0.15) is 0 Å². The maximum absolute atomic E-state index is 12.1. The van der Waals surface area contributed by atoms with Crippen molar-refractivity contribution in [1.82, 2.24) is 10.2 Å². The van der Waals surface area contributed by atoms with Crippen LogP contribution in [0.25, 0.3) is 0 Å². The molecule has 0 aliphatic carbocycles. The molecular weight excluding hydrogens is 385 g/mol. The van der Waals surface area contributed by atoms with Crippen molar-refractivity contribution in [2.75, 3.05) is 5.32 Å². The maximum atomic E-state index is 12.1. The van der Waals surface area contributed by atoms with Gasteiger partial charge in [-0.05, 0) is 35.9 Å². The molecule has 0 radical (unpaired) electrons. The van der Waals surface area contributed by atoms with Gasteiger partial charge in [0.05, 0.1) is 0 Å². The summed E-state index contributed by atoms with van der Waals surface area (Å²) >= 11 is 14.6. The van der Waals surface area contributed by atoms with E-state index in [9.17, 15) is 4.79 Å². The minimum absolute atomic E-state index is 0.261. The molecule has 0 saturated heterocycles. The Morgan fingerprint density at radius 2 is 1.88 bits per heavy atom. The summed E-state index contributed by atoms with van der Waals surface area (Å²) in [4.78, 5) is 12.1. The van der Waals surface area contributed by atoms with Crippen LogP contribution in [0.5, 0.6) is 0 Å². The number of carbonyl (C=O) groups excluding carboxylic acids is 1. The number of anilines is 1. The number of halogens is 2. The summed E-state index contributed by atoms with van der Waals surface area (Å²) in [7, 11) is 0. The zero-order chi connectivity index (χ0) is 16.9. The molecule has 0 spiro atoms. The highest BCUT2D eigenvalue weighted by Gasteiger charge is 2.11. The van der Waals surface area contributed by atoms with E-state index >= 15 is 0 Å². The Hall–Kier alpha value is -1.60. The molecule has 0 aliphatic rings. The van der Waals surface area contributed by atoms with Crippen molar-refractivity contribution >= 4 is 57.3 Å². The highest BCUT2D eigenvalue weighted by molar-refractivity contribution is 8.00. The van der Waals surface area contributed by atoms with Gasteiger partial charge in [0.25, 0.3) is 5.91 Å². The molecule has 8 heteroatoms. The van der Waals surface area contributed by atoms with Gasteiger partial charge in [0.15, 0.2) is 4.34 Å². The second-order valence-corrected chi connectivity index (χ2v) is 7.83. The van der Waals surface area contributed by atoms with E-state index < -0.39 is 0 Å². The second-order valence-electron chi connectivity index (χ2n) is 4.75. The topological polar surface area (TPSA) is 54.9 Å². The Morgan fingerprint density at radius 1 is 1.08 bits per heavy atom. The summed E-state index contributed by atoms with van der Waals surface area (Å²) in [6.45, 7) is 0. The van der Waals surface area contributed by atoms with E-state index in [0.29, 0.717) is 20.7 Å². The van der Waals surface area contributed by atoms with Crippen molar-refractivity contribution in [1.29, 1.82) is 0 Å². The number of benzene rings is 2. The van der Waals surface area contributed by atoms with Gasteiger partial charge in [-0.25, -0.2) is 0 Å². The Labute approximate surface area is 157 Å². The fraction of sp³-hybridized carbons (Fsp3) is 0.0625. The normalized spacial score (nSPS) is 10.6. The first-order chi connectivity index (χ1) is 11.6. The molecule has 1 amide bonds. The van der Waals surface area contributed by atoms with Crippen molar-refractivity contribution in [3.8, 4) is 0 Å². The van der Waals surface area contributed by atoms with Crippen LogP contribution in [0.3, 0.4) is 0 Å². The van der Waals surface area contributed by atoms with Crippen LogP contribution in [0.1, 0.15) is 15.9 Å². The van der Waals surface area contributed by atoms with Crippen molar-refractivity contribution in [2.45, 2.75) is 10.1 Å². The Morgan fingerprint density at radius 3 is 2.62 bits per heavy atom. The van der Waals surface area contributed by atoms with Crippen LogP contribution in [0.4, 0.5) is 5.13 Å². The van der Waals surface area contributed by atoms with Gasteiger partial charge >= 0.3 is 0 Å². The molecule has 3 aromatic rings. The van der Waals surface area contributed by atoms with Crippen LogP contribution in [-0.2, 0) is 5.75 Å². The predicted octanol–water partition coefficient (Wildman–Crippen LogP) is 5.39. The summed E-state index contributed by atoms with van der Waals surface area (Å²) < 4.78 is 0.784. The van der Waals surface area contributed by atoms with Crippen molar-refractivity contribution in [3.63, 3.8) is 0 Å². The van der Waals surface area contributed by atoms with Crippen LogP contribution < -0.4 is 5.32 Å². The summed E-state index contributed by atoms with van der Waals surface area (Å²) in [6.07, 6.45) is 0. The Bertz CT molecular complexity index is 853. The molecule has 0 bridgehead atoms. The van der Waals surface area contributed by atoms with Crippen LogP contribution in [0, 0.1) is 0 Å². The highest BCUT2D eigenvalue weighted by Crippen LogP contribution is 2.29. The number of carbonyl (C=O) groups is 1. The van der Waals surface area contributed by atoms with Crippen molar-refractivity contribution < 1.29 is 4.79 Å². The summed E-state index contributed by atoms with van der Waals surface area (Å²) in [5.74, 6) is 0.497. The number of nitrogens with zero attached hydrogens (tertiary/aromatic N) is 2. The van der Waals surface area contributed by atoms with Crippen molar-refractivity contribution in [3.05, 3.63) is 69.7 Å². The molecule has 0 atom stereocenters. The van der Waals surface area contributed by atoms with Crippen LogP contribution in [0.15, 0.2) is 52.9 Å². The molecule has 0 unspecified atom stereocenters. The molecule has 2 aromatic carbocycles. The van der Waals surface area contributed by atoms with Crippen LogP contribution in [0.2, 0.25) is 10.0 Å². The average molecular weight is 396 g/mol. The lowest BCUT2D eigenvalue weighted by atomic mass is 10.2. The number of hydrogen-bond acceptors (Lipinski definition) is 5. The molecule has 122 valence electrons. The number of nitrogens with one attached hydrogen (secondary N) is 1. The summed E-state index contributed by atoms with van der Waals surface area (Å²) in [5, 5.41) is 12.5. The third-order valence-electron chi connectivity index (χ3n) is 2.99. The fourth-order valence-corrected chi connectivity index (χ4v) is 3.86. The predicted molar refractivity (Wildman–Crippen MR) is 100 cm³/mol. The molecule has 1 heterocycles. The van der Waals surface area contributed by atoms with Gasteiger partial charge in [-0.1, -0.05) is 64.5 Å². The average Bonchev–Trinajstić information content (AvgIpc) is 3.02. The van der Waals surface area contributed by atoms with Crippen LogP contribution in [-0.4, -0.2) is 16.1 Å². The maximum Gasteiger partial charge on any atom is 0.257 e. The van der Waals surface area contributed by atoms with E-state index in [1.807, 2.05) is 24.3 Å². The number of thioether (sulfide) groups is 1. The highest BCUT2D eigenvalue weighted by atomic mass is 35.5. The summed E-state index contributed by atoms with van der Waals surface area (Å²) in [5.41, 5.74) is 1.62. The lowest BCUT2D eigenvalue weighted by molar-refractivity contribution is 0.102. The zero-order valence-electron chi connectivity index (χ0n) is 12.2. The quantitative estimate of drug-likeness (QED) is 0.464. The smallest absolute Gasteiger partial charge is 0.257 e. The first-order valence-electron chi connectivity index (χ1n) is 6.88. The SMILES string of the molecule is O=C(Nc1nnc(SCc2ccc(Cl)cc2)s1)c1cccc(Cl)c1. The lowest BCUT2D eigenvalue weighted by Crippen LogP contribution is -2.11. The molecule has 4 nitrogen and oxygen atoms in total. The van der Waals surface area contributed by atoms with Gasteiger partial charge < -0.3 is 0 Å². The Kier molecular flexibility index (Phi) is 5.73. The van der Waals surface area contributed by atoms with Gasteiger partial charge in [0.2, 0.25) is 5.13 Å². The van der Waals surface area contributed by atoms with E-state index in [-0.39, 0.29) is 5.91 Å². The molecule has 1 N–H and O–H groups in total. The molecule has 24 heavy (non-hydrogen) atoms. The summed E-state index contributed by atoms with van der Waals surface area (Å²) in [6, 6.07) is 14.4. The minimum Gasteiger partial charge on any atom is -0.296 e.